The molecule has 2 heterocycles. The maximum Gasteiger partial charge on any atom is 0.314 e. The highest BCUT2D eigenvalue weighted by Crippen LogP contribution is 2.27. The lowest BCUT2D eigenvalue weighted by molar-refractivity contribution is -0.139. The smallest absolute Gasteiger partial charge is 0.314 e. The van der Waals surface area contributed by atoms with Crippen molar-refractivity contribution in [3.05, 3.63) is 48.5 Å². The highest BCUT2D eigenvalue weighted by atomic mass is 16.5. The Kier molecular flexibility index (Phi) is 4.48. The molecule has 6 nitrogen and oxygen atoms in total. The van der Waals surface area contributed by atoms with E-state index in [1.54, 1.807) is 31.4 Å². The molecule has 1 aliphatic rings. The predicted octanol–water partition coefficient (Wildman–Crippen LogP) is 3.66. The summed E-state index contributed by atoms with van der Waals surface area (Å²) in [6.45, 7) is 1.43. The molecule has 0 spiro atoms. The van der Waals surface area contributed by atoms with E-state index in [4.69, 9.17) is 13.9 Å². The fourth-order valence-electron chi connectivity index (χ4n) is 3.15. The van der Waals surface area contributed by atoms with Gasteiger partial charge in [0.1, 0.15) is 17.0 Å². The van der Waals surface area contributed by atoms with Crippen LogP contribution in [0, 0.1) is 5.92 Å². The van der Waals surface area contributed by atoms with Gasteiger partial charge in [0.25, 0.3) is 6.01 Å². The minimum absolute atomic E-state index is 0.113. The van der Waals surface area contributed by atoms with E-state index in [1.165, 1.54) is 0 Å². The van der Waals surface area contributed by atoms with Crippen molar-refractivity contribution in [3.63, 3.8) is 0 Å². The van der Waals surface area contributed by atoms with Gasteiger partial charge in [-0.2, -0.15) is 4.98 Å². The third kappa shape index (κ3) is 3.35. The van der Waals surface area contributed by atoms with Crippen LogP contribution in [0.5, 0.6) is 11.5 Å². The number of anilines is 1. The molecule has 3 aromatic rings. The predicted molar refractivity (Wildman–Crippen MR) is 97.6 cm³/mol. The molecular weight excluding hydrogens is 332 g/mol. The van der Waals surface area contributed by atoms with Crippen LogP contribution in [0.3, 0.4) is 0 Å². The molecular formula is C20H20N2O4. The van der Waals surface area contributed by atoms with Gasteiger partial charge in [-0.25, -0.2) is 0 Å². The van der Waals surface area contributed by atoms with Crippen LogP contribution in [0.4, 0.5) is 6.01 Å². The molecule has 26 heavy (non-hydrogen) atoms. The molecule has 0 unspecified atom stereocenters. The zero-order valence-electron chi connectivity index (χ0n) is 14.6. The number of ether oxygens (including phenoxy) is 2. The van der Waals surface area contributed by atoms with E-state index in [0.717, 1.165) is 29.9 Å². The summed E-state index contributed by atoms with van der Waals surface area (Å²) in [6.07, 6.45) is 1.43. The van der Waals surface area contributed by atoms with Crippen LogP contribution < -0.4 is 14.4 Å². The normalized spacial score (nSPS) is 15.2. The number of esters is 1. The number of oxazole rings is 1. The second-order valence-electron chi connectivity index (χ2n) is 6.32. The Morgan fingerprint density at radius 2 is 1.77 bits per heavy atom. The van der Waals surface area contributed by atoms with Gasteiger partial charge in [-0.05, 0) is 49.2 Å². The quantitative estimate of drug-likeness (QED) is 0.527. The molecule has 0 atom stereocenters. The minimum Gasteiger partial charge on any atom is -0.497 e. The number of aromatic nitrogens is 1. The Bertz CT molecular complexity index is 863. The number of rotatable bonds is 4. The summed E-state index contributed by atoms with van der Waals surface area (Å²) in [4.78, 5) is 19.0. The SMILES string of the molecule is COc1ccc(OC(=O)C2CCN(c3nc4ccccc4o3)CC2)cc1. The molecule has 1 aromatic heterocycles. The summed E-state index contributed by atoms with van der Waals surface area (Å²) < 4.78 is 16.4. The summed E-state index contributed by atoms with van der Waals surface area (Å²) in [7, 11) is 1.60. The maximum absolute atomic E-state index is 12.4. The first kappa shape index (κ1) is 16.4. The summed E-state index contributed by atoms with van der Waals surface area (Å²) in [6, 6.07) is 15.4. The van der Waals surface area contributed by atoms with E-state index >= 15 is 0 Å². The number of benzene rings is 2. The Balaban J connectivity index is 1.35. The van der Waals surface area contributed by atoms with Gasteiger partial charge in [-0.1, -0.05) is 12.1 Å². The molecule has 0 saturated carbocycles. The minimum atomic E-state index is -0.188. The fraction of sp³-hybridized carbons (Fsp3) is 0.300. The zero-order valence-corrected chi connectivity index (χ0v) is 14.6. The number of nitrogens with zero attached hydrogens (tertiary/aromatic N) is 2. The summed E-state index contributed by atoms with van der Waals surface area (Å²) in [5.41, 5.74) is 1.63. The summed E-state index contributed by atoms with van der Waals surface area (Å²) >= 11 is 0. The molecule has 1 saturated heterocycles. The number of para-hydroxylation sites is 2. The van der Waals surface area contributed by atoms with Gasteiger partial charge in [-0.3, -0.25) is 4.79 Å². The van der Waals surface area contributed by atoms with Crippen LogP contribution in [0.25, 0.3) is 11.1 Å². The lowest BCUT2D eigenvalue weighted by atomic mass is 9.97. The standard InChI is InChI=1S/C20H20N2O4/c1-24-15-6-8-16(9-7-15)25-19(23)14-10-12-22(13-11-14)20-21-17-4-2-3-5-18(17)26-20/h2-9,14H,10-13H2,1H3. The van der Waals surface area contributed by atoms with Crippen LogP contribution in [0.1, 0.15) is 12.8 Å². The third-order valence-electron chi connectivity index (χ3n) is 4.66. The number of carbonyl (C=O) groups excluding carboxylic acids is 1. The first-order valence-corrected chi connectivity index (χ1v) is 8.69. The Morgan fingerprint density at radius 1 is 1.08 bits per heavy atom. The molecule has 0 bridgehead atoms. The largest absolute Gasteiger partial charge is 0.497 e. The summed E-state index contributed by atoms with van der Waals surface area (Å²) in [5.74, 6) is 0.971. The van der Waals surface area contributed by atoms with Crippen molar-refractivity contribution in [2.75, 3.05) is 25.1 Å². The highest BCUT2D eigenvalue weighted by molar-refractivity contribution is 5.76. The number of hydrogen-bond donors (Lipinski definition) is 0. The molecule has 0 N–H and O–H groups in total. The molecule has 0 amide bonds. The van der Waals surface area contributed by atoms with Gasteiger partial charge >= 0.3 is 5.97 Å². The molecule has 1 aliphatic heterocycles. The molecule has 2 aromatic carbocycles. The highest BCUT2D eigenvalue weighted by Gasteiger charge is 2.28. The van der Waals surface area contributed by atoms with Gasteiger partial charge < -0.3 is 18.8 Å². The topological polar surface area (TPSA) is 64.8 Å². The average molecular weight is 352 g/mol. The fourth-order valence-corrected chi connectivity index (χ4v) is 3.15. The van der Waals surface area contributed by atoms with Gasteiger partial charge in [-0.15, -0.1) is 0 Å². The Hall–Kier alpha value is -3.02. The number of carbonyl (C=O) groups is 1. The Morgan fingerprint density at radius 3 is 2.46 bits per heavy atom. The van der Waals surface area contributed by atoms with Gasteiger partial charge in [0.05, 0.1) is 13.0 Å². The van der Waals surface area contributed by atoms with Crippen LogP contribution in [0.2, 0.25) is 0 Å². The zero-order chi connectivity index (χ0) is 17.9. The molecule has 0 aliphatic carbocycles. The van der Waals surface area contributed by atoms with Crippen molar-refractivity contribution >= 4 is 23.1 Å². The molecule has 134 valence electrons. The first-order chi connectivity index (χ1) is 12.7. The second kappa shape index (κ2) is 7.07. The van der Waals surface area contributed by atoms with E-state index in [0.29, 0.717) is 24.6 Å². The van der Waals surface area contributed by atoms with E-state index < -0.39 is 0 Å². The van der Waals surface area contributed by atoms with Crippen molar-refractivity contribution in [2.24, 2.45) is 5.92 Å². The van der Waals surface area contributed by atoms with E-state index in [2.05, 4.69) is 9.88 Å². The van der Waals surface area contributed by atoms with E-state index in [-0.39, 0.29) is 11.9 Å². The first-order valence-electron chi connectivity index (χ1n) is 8.69. The number of hydrogen-bond acceptors (Lipinski definition) is 6. The molecule has 6 heteroatoms. The van der Waals surface area contributed by atoms with E-state index in [1.807, 2.05) is 24.3 Å². The maximum atomic E-state index is 12.4. The van der Waals surface area contributed by atoms with Gasteiger partial charge in [0.15, 0.2) is 5.58 Å². The van der Waals surface area contributed by atoms with Crippen LogP contribution in [-0.2, 0) is 4.79 Å². The lowest BCUT2D eigenvalue weighted by Gasteiger charge is -2.29. The monoisotopic (exact) mass is 352 g/mol. The molecule has 4 rings (SSSR count). The summed E-state index contributed by atoms with van der Waals surface area (Å²) in [5, 5.41) is 0. The number of piperidine rings is 1. The number of fused-ring (bicyclic) bond motifs is 1. The average Bonchev–Trinajstić information content (AvgIpc) is 3.13. The second-order valence-corrected chi connectivity index (χ2v) is 6.32. The number of methoxy groups -OCH3 is 1. The van der Waals surface area contributed by atoms with E-state index in [9.17, 15) is 4.79 Å². The van der Waals surface area contributed by atoms with Gasteiger partial charge in [0.2, 0.25) is 0 Å². The Labute approximate surface area is 151 Å². The van der Waals surface area contributed by atoms with Crippen LogP contribution in [0.15, 0.2) is 52.9 Å². The van der Waals surface area contributed by atoms with Crippen molar-refractivity contribution in [1.29, 1.82) is 0 Å². The van der Waals surface area contributed by atoms with Crippen molar-refractivity contribution in [2.45, 2.75) is 12.8 Å². The van der Waals surface area contributed by atoms with Crippen molar-refractivity contribution in [1.82, 2.24) is 4.98 Å². The van der Waals surface area contributed by atoms with Crippen LogP contribution in [-0.4, -0.2) is 31.2 Å². The molecule has 1 fully saturated rings. The third-order valence-corrected chi connectivity index (χ3v) is 4.66. The van der Waals surface area contributed by atoms with Crippen molar-refractivity contribution in [3.8, 4) is 11.5 Å². The lowest BCUT2D eigenvalue weighted by Crippen LogP contribution is -2.37. The van der Waals surface area contributed by atoms with Crippen LogP contribution >= 0.6 is 0 Å². The molecule has 0 radical (unpaired) electrons. The van der Waals surface area contributed by atoms with Crippen molar-refractivity contribution < 1.29 is 18.7 Å². The van der Waals surface area contributed by atoms with Gasteiger partial charge in [0, 0.05) is 13.1 Å².